The molecular formula is C28H30BrN3O6S. The summed E-state index contributed by atoms with van der Waals surface area (Å²) in [5.74, 6) is 1.85. The smallest absolute Gasteiger partial charge is 0.338 e. The summed E-state index contributed by atoms with van der Waals surface area (Å²) in [4.78, 5) is 34.5. The second-order valence-electron chi connectivity index (χ2n) is 9.25. The topological polar surface area (TPSA) is 95.5 Å². The van der Waals surface area contributed by atoms with Crippen LogP contribution in [0.5, 0.6) is 11.5 Å². The Balaban J connectivity index is 1.66. The van der Waals surface area contributed by atoms with E-state index in [2.05, 4.69) is 25.8 Å². The van der Waals surface area contributed by atoms with E-state index in [-0.39, 0.29) is 17.7 Å². The van der Waals surface area contributed by atoms with Crippen molar-refractivity contribution in [3.05, 3.63) is 71.0 Å². The highest BCUT2D eigenvalue weighted by molar-refractivity contribution is 9.10. The molecule has 1 fully saturated rings. The van der Waals surface area contributed by atoms with Crippen LogP contribution >= 0.6 is 27.3 Å². The number of anilines is 1. The lowest BCUT2D eigenvalue weighted by Gasteiger charge is -2.26. The van der Waals surface area contributed by atoms with Crippen LogP contribution in [0.1, 0.15) is 50.5 Å². The zero-order chi connectivity index (χ0) is 27.7. The van der Waals surface area contributed by atoms with Crippen molar-refractivity contribution in [1.29, 1.82) is 0 Å². The number of esters is 1. The second-order valence-corrected chi connectivity index (χ2v) is 11.1. The van der Waals surface area contributed by atoms with Crippen molar-refractivity contribution in [3.63, 3.8) is 0 Å². The molecule has 0 aliphatic carbocycles. The van der Waals surface area contributed by atoms with Crippen molar-refractivity contribution in [2.45, 2.75) is 39.2 Å². The molecule has 0 spiro atoms. The lowest BCUT2D eigenvalue weighted by atomic mass is 9.95. The van der Waals surface area contributed by atoms with Crippen LogP contribution in [-0.2, 0) is 9.53 Å². The van der Waals surface area contributed by atoms with Crippen LogP contribution in [0.4, 0.5) is 5.88 Å². The number of nitrogens with zero attached hydrogens (tertiary/aromatic N) is 3. The number of rotatable bonds is 7. The summed E-state index contributed by atoms with van der Waals surface area (Å²) in [6.45, 7) is 5.61. The third kappa shape index (κ3) is 5.17. The maximum atomic E-state index is 13.9. The van der Waals surface area contributed by atoms with Gasteiger partial charge in [0.05, 0.1) is 42.7 Å². The van der Waals surface area contributed by atoms with Crippen LogP contribution in [0.2, 0.25) is 0 Å². The molecule has 1 atom stereocenters. The number of halogens is 1. The van der Waals surface area contributed by atoms with Crippen LogP contribution < -0.4 is 29.3 Å². The molecule has 11 heteroatoms. The number of carbonyl (C=O) groups excluding carboxylic acids is 1. The summed E-state index contributed by atoms with van der Waals surface area (Å²) in [5, 5.41) is 0. The zero-order valence-corrected chi connectivity index (χ0v) is 24.7. The molecule has 0 N–H and O–H groups in total. The van der Waals surface area contributed by atoms with E-state index in [4.69, 9.17) is 18.6 Å². The van der Waals surface area contributed by atoms with E-state index in [1.165, 1.54) is 29.4 Å². The second kappa shape index (κ2) is 11.4. The normalized spacial score (nSPS) is 17.6. The average Bonchev–Trinajstić information content (AvgIpc) is 3.52. The van der Waals surface area contributed by atoms with Crippen LogP contribution in [0.15, 0.2) is 54.2 Å². The quantitative estimate of drug-likeness (QED) is 0.368. The Hall–Kier alpha value is -3.31. The first-order valence-corrected chi connectivity index (χ1v) is 14.4. The first kappa shape index (κ1) is 27.3. The molecule has 0 amide bonds. The lowest BCUT2D eigenvalue weighted by Crippen LogP contribution is -2.40. The molecule has 1 saturated heterocycles. The molecule has 2 aliphatic heterocycles. The van der Waals surface area contributed by atoms with Gasteiger partial charge in [-0.3, -0.25) is 9.36 Å². The van der Waals surface area contributed by atoms with Gasteiger partial charge in [-0.05, 0) is 56.9 Å². The van der Waals surface area contributed by atoms with Crippen molar-refractivity contribution < 1.29 is 23.4 Å². The molecule has 4 heterocycles. The molecule has 0 bridgehead atoms. The van der Waals surface area contributed by atoms with Gasteiger partial charge in [0.15, 0.2) is 22.2 Å². The summed E-state index contributed by atoms with van der Waals surface area (Å²) in [6, 6.07) is 6.55. The van der Waals surface area contributed by atoms with Gasteiger partial charge in [-0.2, -0.15) is 0 Å². The summed E-state index contributed by atoms with van der Waals surface area (Å²) < 4.78 is 25.1. The number of fused-ring (bicyclic) bond motifs is 1. The van der Waals surface area contributed by atoms with E-state index in [1.807, 2.05) is 12.1 Å². The van der Waals surface area contributed by atoms with E-state index in [1.54, 1.807) is 39.2 Å². The van der Waals surface area contributed by atoms with Gasteiger partial charge in [0.25, 0.3) is 5.56 Å². The minimum Gasteiger partial charge on any atom is -0.493 e. The maximum absolute atomic E-state index is 13.9. The highest BCUT2D eigenvalue weighted by Gasteiger charge is 2.35. The molecule has 9 nitrogen and oxygen atoms in total. The van der Waals surface area contributed by atoms with Gasteiger partial charge in [-0.1, -0.05) is 27.3 Å². The molecule has 5 rings (SSSR count). The van der Waals surface area contributed by atoms with E-state index in [9.17, 15) is 9.59 Å². The third-order valence-electron chi connectivity index (χ3n) is 6.87. The van der Waals surface area contributed by atoms with Gasteiger partial charge in [0, 0.05) is 29.7 Å². The SMILES string of the molecule is CCOC(=O)C1=C(C)N=c2s/c(=C\c3ccc(N4CCCCC4)o3)c(=O)n2[C@H]1c1cc(OC)c(OC)cc1Br. The molecule has 206 valence electrons. The van der Waals surface area contributed by atoms with Crippen molar-refractivity contribution in [3.8, 4) is 11.5 Å². The fourth-order valence-corrected chi connectivity index (χ4v) is 6.56. The van der Waals surface area contributed by atoms with Crippen LogP contribution in [0.3, 0.4) is 0 Å². The molecule has 0 unspecified atom stereocenters. The highest BCUT2D eigenvalue weighted by Crippen LogP contribution is 2.40. The summed E-state index contributed by atoms with van der Waals surface area (Å²) in [5.41, 5.74) is 1.13. The van der Waals surface area contributed by atoms with Crippen molar-refractivity contribution in [1.82, 2.24) is 4.57 Å². The number of hydrogen-bond acceptors (Lipinski definition) is 9. The van der Waals surface area contributed by atoms with Crippen LogP contribution in [0, 0.1) is 0 Å². The van der Waals surface area contributed by atoms with Crippen LogP contribution in [0.25, 0.3) is 6.08 Å². The van der Waals surface area contributed by atoms with Crippen molar-refractivity contribution in [2.75, 3.05) is 38.8 Å². The van der Waals surface area contributed by atoms with E-state index < -0.39 is 12.0 Å². The van der Waals surface area contributed by atoms with Crippen LogP contribution in [-0.4, -0.2) is 44.5 Å². The number of ether oxygens (including phenoxy) is 3. The van der Waals surface area contributed by atoms with Crippen molar-refractivity contribution in [2.24, 2.45) is 4.99 Å². The molecule has 1 aromatic carbocycles. The maximum Gasteiger partial charge on any atom is 0.338 e. The predicted molar refractivity (Wildman–Crippen MR) is 152 cm³/mol. The minimum atomic E-state index is -0.794. The number of aromatic nitrogens is 1. The number of benzene rings is 1. The first-order valence-electron chi connectivity index (χ1n) is 12.8. The Morgan fingerprint density at radius 2 is 1.90 bits per heavy atom. The Bertz CT molecular complexity index is 1610. The van der Waals surface area contributed by atoms with E-state index in [0.717, 1.165) is 31.8 Å². The Morgan fingerprint density at radius 3 is 2.59 bits per heavy atom. The third-order valence-corrected chi connectivity index (χ3v) is 8.54. The Morgan fingerprint density at radius 1 is 1.18 bits per heavy atom. The number of carbonyl (C=O) groups is 1. The van der Waals surface area contributed by atoms with Gasteiger partial charge < -0.3 is 23.5 Å². The molecule has 0 saturated carbocycles. The standard InChI is InChI=1S/C28H30BrN3O6S/c1-5-37-27(34)24-16(2)30-28-32(25(24)18-14-20(35-3)21(36-4)15-19(18)29)26(33)22(39-28)13-17-9-10-23(38-17)31-11-7-6-8-12-31/h9-10,13-15,25H,5-8,11-12H2,1-4H3/b22-13-/t25-/m0/s1. The van der Waals surface area contributed by atoms with Gasteiger partial charge >= 0.3 is 5.97 Å². The average molecular weight is 617 g/mol. The molecule has 39 heavy (non-hydrogen) atoms. The molecule has 2 aromatic heterocycles. The lowest BCUT2D eigenvalue weighted by molar-refractivity contribution is -0.139. The fraction of sp³-hybridized carbons (Fsp3) is 0.393. The fourth-order valence-electron chi connectivity index (χ4n) is 5.00. The predicted octanol–water partition coefficient (Wildman–Crippen LogP) is 4.16. The highest BCUT2D eigenvalue weighted by atomic mass is 79.9. The van der Waals surface area contributed by atoms with E-state index in [0.29, 0.717) is 42.3 Å². The largest absolute Gasteiger partial charge is 0.493 e. The van der Waals surface area contributed by atoms with Gasteiger partial charge in [0.1, 0.15) is 5.76 Å². The summed E-state index contributed by atoms with van der Waals surface area (Å²) in [7, 11) is 3.09. The van der Waals surface area contributed by atoms with Gasteiger partial charge in [0.2, 0.25) is 0 Å². The van der Waals surface area contributed by atoms with Gasteiger partial charge in [-0.25, -0.2) is 9.79 Å². The number of furan rings is 1. The number of piperidine rings is 1. The summed E-state index contributed by atoms with van der Waals surface area (Å²) in [6.07, 6.45) is 5.25. The summed E-state index contributed by atoms with van der Waals surface area (Å²) >= 11 is 4.87. The van der Waals surface area contributed by atoms with Crippen molar-refractivity contribution >= 4 is 45.2 Å². The number of hydrogen-bond donors (Lipinski definition) is 0. The number of methoxy groups -OCH3 is 2. The van der Waals surface area contributed by atoms with Gasteiger partial charge in [-0.15, -0.1) is 0 Å². The molecular weight excluding hydrogens is 586 g/mol. The Labute approximate surface area is 238 Å². The minimum absolute atomic E-state index is 0.192. The number of thiazole rings is 1. The molecule has 3 aromatic rings. The monoisotopic (exact) mass is 615 g/mol. The zero-order valence-electron chi connectivity index (χ0n) is 22.3. The first-order chi connectivity index (χ1) is 18.9. The molecule has 2 aliphatic rings. The Kier molecular flexibility index (Phi) is 7.99. The number of allylic oxidation sites excluding steroid dienone is 1. The van der Waals surface area contributed by atoms with E-state index >= 15 is 0 Å². The molecule has 0 radical (unpaired) electrons.